The lowest BCUT2D eigenvalue weighted by Gasteiger charge is -2.02. The maximum Gasteiger partial charge on any atom is 0.256 e. The third-order valence-electron chi connectivity index (χ3n) is 2.19. The second-order valence-electron chi connectivity index (χ2n) is 3.23. The lowest BCUT2D eigenvalue weighted by molar-refractivity contribution is 0.415. The van der Waals surface area contributed by atoms with Crippen LogP contribution in [-0.2, 0) is 0 Å². The molecule has 0 bridgehead atoms. The van der Waals surface area contributed by atoms with Gasteiger partial charge in [-0.1, -0.05) is 6.07 Å². The molecule has 2 rings (SSSR count). The first-order chi connectivity index (χ1) is 6.70. The molecule has 72 valence electrons. The Balaban J connectivity index is 2.82. The van der Waals surface area contributed by atoms with Crippen molar-refractivity contribution < 1.29 is 4.74 Å². The van der Waals surface area contributed by atoms with E-state index in [0.29, 0.717) is 11.1 Å². The van der Waals surface area contributed by atoms with Crippen LogP contribution in [0, 0.1) is 6.92 Å². The molecule has 0 aliphatic heterocycles. The summed E-state index contributed by atoms with van der Waals surface area (Å²) in [5.74, 6) is 0.701. The molecular formula is C11H11NO2. The van der Waals surface area contributed by atoms with Crippen molar-refractivity contribution in [3.05, 3.63) is 40.3 Å². The molecule has 0 unspecified atom stereocenters. The number of aromatic amines is 1. The van der Waals surface area contributed by atoms with Crippen molar-refractivity contribution in [1.82, 2.24) is 4.98 Å². The van der Waals surface area contributed by atoms with E-state index < -0.39 is 0 Å². The van der Waals surface area contributed by atoms with E-state index in [4.69, 9.17) is 4.74 Å². The largest absolute Gasteiger partial charge is 0.497 e. The molecule has 3 heteroatoms. The van der Waals surface area contributed by atoms with Crippen molar-refractivity contribution in [2.75, 3.05) is 7.11 Å². The highest BCUT2D eigenvalue weighted by molar-refractivity contribution is 5.83. The van der Waals surface area contributed by atoms with Crippen LogP contribution < -0.4 is 10.3 Å². The van der Waals surface area contributed by atoms with Gasteiger partial charge in [0.15, 0.2) is 0 Å². The highest BCUT2D eigenvalue weighted by Crippen LogP contribution is 2.17. The molecule has 0 saturated carbocycles. The Morgan fingerprint density at radius 1 is 1.29 bits per heavy atom. The van der Waals surface area contributed by atoms with Crippen molar-refractivity contribution in [3.8, 4) is 5.75 Å². The molecule has 0 aliphatic carbocycles. The molecule has 0 saturated heterocycles. The van der Waals surface area contributed by atoms with E-state index in [0.717, 1.165) is 11.1 Å². The number of aromatic nitrogens is 1. The van der Waals surface area contributed by atoms with Gasteiger partial charge in [-0.3, -0.25) is 4.79 Å². The summed E-state index contributed by atoms with van der Waals surface area (Å²) in [4.78, 5) is 14.3. The molecule has 0 fully saturated rings. The molecule has 0 amide bonds. The summed E-state index contributed by atoms with van der Waals surface area (Å²) < 4.78 is 5.05. The maximum absolute atomic E-state index is 11.6. The van der Waals surface area contributed by atoms with Gasteiger partial charge < -0.3 is 9.72 Å². The predicted octanol–water partition coefficient (Wildman–Crippen LogP) is 1.85. The second kappa shape index (κ2) is 3.18. The monoisotopic (exact) mass is 189 g/mol. The summed E-state index contributed by atoms with van der Waals surface area (Å²) in [6.07, 6.45) is 0. The lowest BCUT2D eigenvalue weighted by atomic mass is 10.1. The Morgan fingerprint density at radius 3 is 2.79 bits per heavy atom. The number of hydrogen-bond donors (Lipinski definition) is 1. The number of hydrogen-bond acceptors (Lipinski definition) is 2. The summed E-state index contributed by atoms with van der Waals surface area (Å²) in [5, 5.41) is 1.60. The van der Waals surface area contributed by atoms with Crippen LogP contribution in [0.15, 0.2) is 29.1 Å². The lowest BCUT2D eigenvalue weighted by Crippen LogP contribution is -2.07. The second-order valence-corrected chi connectivity index (χ2v) is 3.23. The molecule has 0 aliphatic rings. The fourth-order valence-corrected chi connectivity index (χ4v) is 1.50. The highest BCUT2D eigenvalue weighted by atomic mass is 16.5. The molecule has 0 radical (unpaired) electrons. The van der Waals surface area contributed by atoms with Gasteiger partial charge in [0, 0.05) is 5.69 Å². The van der Waals surface area contributed by atoms with E-state index in [1.54, 1.807) is 13.2 Å². The van der Waals surface area contributed by atoms with Crippen LogP contribution in [0.25, 0.3) is 10.8 Å². The molecular weight excluding hydrogens is 178 g/mol. The van der Waals surface area contributed by atoms with Crippen molar-refractivity contribution in [1.29, 1.82) is 0 Å². The van der Waals surface area contributed by atoms with E-state index in [9.17, 15) is 4.79 Å². The summed E-state index contributed by atoms with van der Waals surface area (Å²) in [7, 11) is 1.59. The van der Waals surface area contributed by atoms with Crippen molar-refractivity contribution in [2.45, 2.75) is 6.92 Å². The third-order valence-corrected chi connectivity index (χ3v) is 2.19. The number of methoxy groups -OCH3 is 1. The SMILES string of the molecule is COc1ccc2cc(C)[nH]c(=O)c2c1. The van der Waals surface area contributed by atoms with Gasteiger partial charge in [0.05, 0.1) is 12.5 Å². The third kappa shape index (κ3) is 1.37. The molecule has 1 N–H and O–H groups in total. The minimum atomic E-state index is -0.0705. The Kier molecular flexibility index (Phi) is 2.00. The average molecular weight is 189 g/mol. The van der Waals surface area contributed by atoms with Crippen molar-refractivity contribution in [3.63, 3.8) is 0 Å². The van der Waals surface area contributed by atoms with Gasteiger partial charge in [-0.2, -0.15) is 0 Å². The normalized spacial score (nSPS) is 10.4. The van der Waals surface area contributed by atoms with Crippen LogP contribution in [-0.4, -0.2) is 12.1 Å². The summed E-state index contributed by atoms with van der Waals surface area (Å²) in [6, 6.07) is 7.42. The molecule has 3 nitrogen and oxygen atoms in total. The highest BCUT2D eigenvalue weighted by Gasteiger charge is 2.00. The van der Waals surface area contributed by atoms with Crippen LogP contribution in [0.4, 0.5) is 0 Å². The summed E-state index contributed by atoms with van der Waals surface area (Å²) in [5.41, 5.74) is 0.798. The molecule has 1 heterocycles. The van der Waals surface area contributed by atoms with Gasteiger partial charge in [0.2, 0.25) is 0 Å². The number of aryl methyl sites for hydroxylation is 1. The summed E-state index contributed by atoms with van der Waals surface area (Å²) in [6.45, 7) is 1.87. The Bertz CT molecular complexity index is 528. The quantitative estimate of drug-likeness (QED) is 0.743. The number of fused-ring (bicyclic) bond motifs is 1. The zero-order valence-electron chi connectivity index (χ0n) is 8.13. The first-order valence-corrected chi connectivity index (χ1v) is 4.38. The molecule has 0 atom stereocenters. The van der Waals surface area contributed by atoms with Gasteiger partial charge in [0.1, 0.15) is 5.75 Å². The van der Waals surface area contributed by atoms with Crippen LogP contribution in [0.2, 0.25) is 0 Å². The van der Waals surface area contributed by atoms with Gasteiger partial charge in [-0.05, 0) is 30.5 Å². The Labute approximate surface area is 81.3 Å². The number of H-pyrrole nitrogens is 1. The Hall–Kier alpha value is -1.77. The van der Waals surface area contributed by atoms with Crippen LogP contribution in [0.1, 0.15) is 5.69 Å². The zero-order valence-corrected chi connectivity index (χ0v) is 8.13. The maximum atomic E-state index is 11.6. The van der Waals surface area contributed by atoms with Crippen molar-refractivity contribution >= 4 is 10.8 Å². The molecule has 1 aromatic carbocycles. The standard InChI is InChI=1S/C11H11NO2/c1-7-5-8-3-4-9(14-2)6-10(8)11(13)12-7/h3-6H,1-2H3,(H,12,13). The molecule has 1 aromatic heterocycles. The first kappa shape index (κ1) is 8.81. The Morgan fingerprint density at radius 2 is 2.07 bits per heavy atom. The van der Waals surface area contributed by atoms with Crippen molar-refractivity contribution in [2.24, 2.45) is 0 Å². The topological polar surface area (TPSA) is 42.1 Å². The smallest absolute Gasteiger partial charge is 0.256 e. The van der Waals surface area contributed by atoms with Crippen LogP contribution >= 0.6 is 0 Å². The van der Waals surface area contributed by atoms with Crippen LogP contribution in [0.5, 0.6) is 5.75 Å². The number of rotatable bonds is 1. The van der Waals surface area contributed by atoms with E-state index in [1.165, 1.54) is 0 Å². The van der Waals surface area contributed by atoms with E-state index in [1.807, 2.05) is 25.1 Å². The molecule has 2 aromatic rings. The number of benzene rings is 1. The minimum absolute atomic E-state index is 0.0705. The zero-order chi connectivity index (χ0) is 10.1. The molecule has 0 spiro atoms. The van der Waals surface area contributed by atoms with Gasteiger partial charge in [0.25, 0.3) is 5.56 Å². The number of nitrogens with one attached hydrogen (secondary N) is 1. The fourth-order valence-electron chi connectivity index (χ4n) is 1.50. The van der Waals surface area contributed by atoms with Gasteiger partial charge in [-0.15, -0.1) is 0 Å². The first-order valence-electron chi connectivity index (χ1n) is 4.38. The van der Waals surface area contributed by atoms with Crippen LogP contribution in [0.3, 0.4) is 0 Å². The van der Waals surface area contributed by atoms with E-state index in [2.05, 4.69) is 4.98 Å². The van der Waals surface area contributed by atoms with E-state index in [-0.39, 0.29) is 5.56 Å². The number of pyridine rings is 1. The molecule has 14 heavy (non-hydrogen) atoms. The number of ether oxygens (including phenoxy) is 1. The minimum Gasteiger partial charge on any atom is -0.497 e. The average Bonchev–Trinajstić information content (AvgIpc) is 2.17. The fraction of sp³-hybridized carbons (Fsp3) is 0.182. The van der Waals surface area contributed by atoms with E-state index >= 15 is 0 Å². The van der Waals surface area contributed by atoms with Gasteiger partial charge >= 0.3 is 0 Å². The van der Waals surface area contributed by atoms with Gasteiger partial charge in [-0.25, -0.2) is 0 Å². The predicted molar refractivity (Wildman–Crippen MR) is 55.9 cm³/mol. The summed E-state index contributed by atoms with van der Waals surface area (Å²) >= 11 is 0.